The summed E-state index contributed by atoms with van der Waals surface area (Å²) in [4.78, 5) is 0. The van der Waals surface area contributed by atoms with Gasteiger partial charge in [0.25, 0.3) is 0 Å². The highest BCUT2D eigenvalue weighted by Gasteiger charge is 2.20. The molecule has 2 atom stereocenters. The SMILES string of the molecule is CC(N)c1nnc(C2CCCCS2)s1. The first-order valence-corrected chi connectivity index (χ1v) is 6.84. The molecule has 0 saturated carbocycles. The van der Waals surface area contributed by atoms with Crippen LogP contribution in [0.15, 0.2) is 0 Å². The zero-order valence-corrected chi connectivity index (χ0v) is 9.90. The van der Waals surface area contributed by atoms with E-state index < -0.39 is 0 Å². The molecule has 2 unspecified atom stereocenters. The van der Waals surface area contributed by atoms with Gasteiger partial charge >= 0.3 is 0 Å². The first-order valence-electron chi connectivity index (χ1n) is 4.98. The van der Waals surface area contributed by atoms with Crippen molar-refractivity contribution in [3.63, 3.8) is 0 Å². The Labute approximate surface area is 92.5 Å². The van der Waals surface area contributed by atoms with E-state index in [-0.39, 0.29) is 6.04 Å². The second kappa shape index (κ2) is 4.59. The topological polar surface area (TPSA) is 51.8 Å². The number of thioether (sulfide) groups is 1. The molecule has 0 spiro atoms. The molecule has 1 aromatic heterocycles. The molecule has 1 saturated heterocycles. The number of nitrogens with zero attached hydrogens (tertiary/aromatic N) is 2. The summed E-state index contributed by atoms with van der Waals surface area (Å²) in [6.07, 6.45) is 3.92. The summed E-state index contributed by atoms with van der Waals surface area (Å²) in [5, 5.41) is 11.1. The van der Waals surface area contributed by atoms with Crippen LogP contribution in [-0.4, -0.2) is 16.0 Å². The summed E-state index contributed by atoms with van der Waals surface area (Å²) in [5.41, 5.74) is 5.76. The molecule has 14 heavy (non-hydrogen) atoms. The minimum absolute atomic E-state index is 0.0230. The second-order valence-corrected chi connectivity index (χ2v) is 5.97. The van der Waals surface area contributed by atoms with Crippen molar-refractivity contribution in [2.75, 3.05) is 5.75 Å². The fraction of sp³-hybridized carbons (Fsp3) is 0.778. The standard InChI is InChI=1S/C9H15N3S2/c1-6(10)8-11-12-9(14-8)7-4-2-3-5-13-7/h6-7H,2-5,10H2,1H3. The summed E-state index contributed by atoms with van der Waals surface area (Å²) >= 11 is 3.69. The normalized spacial score (nSPS) is 24.9. The molecule has 0 aromatic carbocycles. The molecule has 5 heteroatoms. The van der Waals surface area contributed by atoms with Crippen LogP contribution in [0.4, 0.5) is 0 Å². The summed E-state index contributed by atoms with van der Waals surface area (Å²) in [6.45, 7) is 1.96. The Balaban J connectivity index is 2.07. The summed E-state index contributed by atoms with van der Waals surface area (Å²) < 4.78 is 0. The third-order valence-corrected chi connectivity index (χ3v) is 5.07. The van der Waals surface area contributed by atoms with Crippen molar-refractivity contribution in [2.45, 2.75) is 37.5 Å². The van der Waals surface area contributed by atoms with E-state index in [1.54, 1.807) is 11.3 Å². The predicted molar refractivity (Wildman–Crippen MR) is 61.6 cm³/mol. The maximum atomic E-state index is 5.76. The largest absolute Gasteiger partial charge is 0.322 e. The average molecular weight is 229 g/mol. The third kappa shape index (κ3) is 2.27. The van der Waals surface area contributed by atoms with Gasteiger partial charge in [0.2, 0.25) is 0 Å². The van der Waals surface area contributed by atoms with Crippen LogP contribution in [0.25, 0.3) is 0 Å². The molecule has 0 bridgehead atoms. The molecule has 0 radical (unpaired) electrons. The number of aromatic nitrogens is 2. The number of nitrogens with two attached hydrogens (primary N) is 1. The number of hydrogen-bond acceptors (Lipinski definition) is 5. The quantitative estimate of drug-likeness (QED) is 0.846. The Kier molecular flexibility index (Phi) is 3.41. The third-order valence-electron chi connectivity index (χ3n) is 2.30. The van der Waals surface area contributed by atoms with Gasteiger partial charge in [-0.2, -0.15) is 11.8 Å². The van der Waals surface area contributed by atoms with Crippen molar-refractivity contribution < 1.29 is 0 Å². The van der Waals surface area contributed by atoms with E-state index in [2.05, 4.69) is 10.2 Å². The number of hydrogen-bond donors (Lipinski definition) is 1. The average Bonchev–Trinajstić information content (AvgIpc) is 2.68. The summed E-state index contributed by atoms with van der Waals surface area (Å²) in [6, 6.07) is 0.0230. The van der Waals surface area contributed by atoms with Crippen LogP contribution in [0.5, 0.6) is 0 Å². The van der Waals surface area contributed by atoms with Crippen molar-refractivity contribution in [3.8, 4) is 0 Å². The maximum absolute atomic E-state index is 5.76. The first-order chi connectivity index (χ1) is 6.77. The van der Waals surface area contributed by atoms with E-state index in [0.29, 0.717) is 5.25 Å². The van der Waals surface area contributed by atoms with Gasteiger partial charge in [0, 0.05) is 0 Å². The zero-order valence-electron chi connectivity index (χ0n) is 8.27. The van der Waals surface area contributed by atoms with Crippen LogP contribution in [0.2, 0.25) is 0 Å². The fourth-order valence-electron chi connectivity index (χ4n) is 1.50. The molecule has 1 aliphatic heterocycles. The first kappa shape index (κ1) is 10.4. The molecule has 1 aromatic rings. The Bertz CT molecular complexity index is 292. The maximum Gasteiger partial charge on any atom is 0.134 e. The zero-order chi connectivity index (χ0) is 9.97. The van der Waals surface area contributed by atoms with Gasteiger partial charge in [-0.1, -0.05) is 17.8 Å². The van der Waals surface area contributed by atoms with E-state index >= 15 is 0 Å². The highest BCUT2D eigenvalue weighted by atomic mass is 32.2. The van der Waals surface area contributed by atoms with Gasteiger partial charge in [-0.3, -0.25) is 0 Å². The highest BCUT2D eigenvalue weighted by molar-refractivity contribution is 7.99. The Morgan fingerprint density at radius 1 is 1.43 bits per heavy atom. The van der Waals surface area contributed by atoms with Gasteiger partial charge in [-0.05, 0) is 25.5 Å². The molecule has 78 valence electrons. The number of rotatable bonds is 2. The molecule has 1 aliphatic rings. The van der Waals surface area contributed by atoms with Crippen LogP contribution >= 0.6 is 23.1 Å². The highest BCUT2D eigenvalue weighted by Crippen LogP contribution is 2.39. The van der Waals surface area contributed by atoms with Crippen molar-refractivity contribution in [1.29, 1.82) is 0 Å². The molecule has 2 heterocycles. The molecule has 0 aliphatic carbocycles. The molecule has 3 nitrogen and oxygen atoms in total. The van der Waals surface area contributed by atoms with Crippen LogP contribution in [-0.2, 0) is 0 Å². The van der Waals surface area contributed by atoms with E-state index in [0.717, 1.165) is 5.01 Å². The van der Waals surface area contributed by atoms with E-state index in [1.807, 2.05) is 18.7 Å². The van der Waals surface area contributed by atoms with Crippen molar-refractivity contribution in [2.24, 2.45) is 5.73 Å². The van der Waals surface area contributed by atoms with Crippen LogP contribution < -0.4 is 5.73 Å². The molecule has 0 amide bonds. The lowest BCUT2D eigenvalue weighted by molar-refractivity contribution is 0.677. The van der Waals surface area contributed by atoms with Crippen LogP contribution in [0.3, 0.4) is 0 Å². The fourth-order valence-corrected chi connectivity index (χ4v) is 3.84. The Morgan fingerprint density at radius 2 is 2.29 bits per heavy atom. The molecular formula is C9H15N3S2. The summed E-state index contributed by atoms with van der Waals surface area (Å²) in [5.74, 6) is 1.26. The smallest absolute Gasteiger partial charge is 0.134 e. The molecule has 1 fully saturated rings. The lowest BCUT2D eigenvalue weighted by Crippen LogP contribution is -2.03. The molecular weight excluding hydrogens is 214 g/mol. The van der Waals surface area contributed by atoms with Gasteiger partial charge in [0.05, 0.1) is 11.3 Å². The summed E-state index contributed by atoms with van der Waals surface area (Å²) in [7, 11) is 0. The minimum atomic E-state index is 0.0230. The van der Waals surface area contributed by atoms with Crippen molar-refractivity contribution in [1.82, 2.24) is 10.2 Å². The lowest BCUT2D eigenvalue weighted by atomic mass is 10.2. The van der Waals surface area contributed by atoms with Gasteiger partial charge in [0.15, 0.2) is 0 Å². The van der Waals surface area contributed by atoms with Gasteiger partial charge in [-0.25, -0.2) is 0 Å². The van der Waals surface area contributed by atoms with E-state index in [9.17, 15) is 0 Å². The predicted octanol–water partition coefficient (Wildman–Crippen LogP) is 2.52. The molecule has 2 rings (SSSR count). The monoisotopic (exact) mass is 229 g/mol. The molecule has 2 N–H and O–H groups in total. The lowest BCUT2D eigenvalue weighted by Gasteiger charge is -2.17. The Hall–Kier alpha value is -0.130. The van der Waals surface area contributed by atoms with Gasteiger partial charge < -0.3 is 5.73 Å². The van der Waals surface area contributed by atoms with E-state index in [1.165, 1.54) is 30.0 Å². The minimum Gasteiger partial charge on any atom is -0.322 e. The van der Waals surface area contributed by atoms with Crippen molar-refractivity contribution in [3.05, 3.63) is 10.0 Å². The van der Waals surface area contributed by atoms with Crippen LogP contribution in [0, 0.1) is 0 Å². The van der Waals surface area contributed by atoms with Gasteiger partial charge in [0.1, 0.15) is 10.0 Å². The van der Waals surface area contributed by atoms with E-state index in [4.69, 9.17) is 5.73 Å². The second-order valence-electron chi connectivity index (χ2n) is 3.62. The van der Waals surface area contributed by atoms with Gasteiger partial charge in [-0.15, -0.1) is 10.2 Å². The van der Waals surface area contributed by atoms with Crippen molar-refractivity contribution >= 4 is 23.1 Å². The Morgan fingerprint density at radius 3 is 2.86 bits per heavy atom. The van der Waals surface area contributed by atoms with Crippen LogP contribution in [0.1, 0.15) is 47.5 Å².